The molecular formula is C14H24N4O2S. The first kappa shape index (κ1) is 16.1. The number of hydrogen-bond donors (Lipinski definition) is 3. The maximum atomic E-state index is 11.7. The zero-order valence-electron chi connectivity index (χ0n) is 12.4. The standard InChI is InChI=1S/C14H24N4O2S/c1-16-21(19,20)12-5-6-14(13(15)11-12)17-7-10-18-8-3-2-4-9-18/h5-6,11,16-17H,2-4,7-10,15H2,1H3. The molecule has 0 saturated carbocycles. The second-order valence-corrected chi connectivity index (χ2v) is 7.17. The van der Waals surface area contributed by atoms with E-state index in [2.05, 4.69) is 14.9 Å². The van der Waals surface area contributed by atoms with Crippen LogP contribution in [0.15, 0.2) is 23.1 Å². The number of nitrogens with zero attached hydrogens (tertiary/aromatic N) is 1. The minimum Gasteiger partial charge on any atom is -0.397 e. The summed E-state index contributed by atoms with van der Waals surface area (Å²) in [4.78, 5) is 2.62. The molecule has 4 N–H and O–H groups in total. The molecule has 7 heteroatoms. The van der Waals surface area contributed by atoms with Crippen LogP contribution < -0.4 is 15.8 Å². The highest BCUT2D eigenvalue weighted by Gasteiger charge is 2.13. The van der Waals surface area contributed by atoms with Gasteiger partial charge in [-0.15, -0.1) is 0 Å². The molecule has 1 aromatic rings. The molecule has 2 rings (SSSR count). The number of sulfonamides is 1. The molecule has 0 amide bonds. The summed E-state index contributed by atoms with van der Waals surface area (Å²) in [6.45, 7) is 4.12. The summed E-state index contributed by atoms with van der Waals surface area (Å²) in [5.74, 6) is 0. The fourth-order valence-electron chi connectivity index (χ4n) is 2.52. The monoisotopic (exact) mass is 312 g/mol. The molecule has 6 nitrogen and oxygen atoms in total. The Labute approximate surface area is 126 Å². The normalized spacial score (nSPS) is 16.8. The van der Waals surface area contributed by atoms with Crippen molar-refractivity contribution in [2.75, 3.05) is 44.3 Å². The van der Waals surface area contributed by atoms with Crippen molar-refractivity contribution in [1.29, 1.82) is 0 Å². The zero-order chi connectivity index (χ0) is 15.3. The molecule has 1 aliphatic rings. The van der Waals surface area contributed by atoms with Gasteiger partial charge in [-0.1, -0.05) is 6.42 Å². The van der Waals surface area contributed by atoms with Gasteiger partial charge in [0.1, 0.15) is 0 Å². The van der Waals surface area contributed by atoms with Crippen molar-refractivity contribution in [2.45, 2.75) is 24.2 Å². The summed E-state index contributed by atoms with van der Waals surface area (Å²) in [5, 5.41) is 3.28. The van der Waals surface area contributed by atoms with Crippen molar-refractivity contribution in [3.63, 3.8) is 0 Å². The molecule has 0 unspecified atom stereocenters. The van der Waals surface area contributed by atoms with Crippen LogP contribution in [0.5, 0.6) is 0 Å². The lowest BCUT2D eigenvalue weighted by atomic mass is 10.1. The molecule has 1 heterocycles. The third-order valence-corrected chi connectivity index (χ3v) is 5.21. The third kappa shape index (κ3) is 4.33. The fourth-order valence-corrected chi connectivity index (χ4v) is 3.28. The average molecular weight is 312 g/mol. The molecule has 1 fully saturated rings. The number of benzene rings is 1. The summed E-state index contributed by atoms with van der Waals surface area (Å²) >= 11 is 0. The summed E-state index contributed by atoms with van der Waals surface area (Å²) in [7, 11) is -2.06. The number of nitrogen functional groups attached to an aromatic ring is 1. The lowest BCUT2D eigenvalue weighted by Crippen LogP contribution is -2.33. The van der Waals surface area contributed by atoms with E-state index < -0.39 is 10.0 Å². The largest absolute Gasteiger partial charge is 0.397 e. The van der Waals surface area contributed by atoms with Crippen LogP contribution in [0.4, 0.5) is 11.4 Å². The first-order valence-electron chi connectivity index (χ1n) is 7.32. The van der Waals surface area contributed by atoms with Crippen molar-refractivity contribution in [1.82, 2.24) is 9.62 Å². The highest BCUT2D eigenvalue weighted by Crippen LogP contribution is 2.22. The van der Waals surface area contributed by atoms with E-state index in [-0.39, 0.29) is 4.90 Å². The SMILES string of the molecule is CNS(=O)(=O)c1ccc(NCCN2CCCCC2)c(N)c1. The van der Waals surface area contributed by atoms with E-state index in [1.165, 1.54) is 32.4 Å². The molecule has 0 spiro atoms. The number of rotatable bonds is 6. The summed E-state index contributed by atoms with van der Waals surface area (Å²) < 4.78 is 25.7. The maximum Gasteiger partial charge on any atom is 0.240 e. The van der Waals surface area contributed by atoms with Gasteiger partial charge in [0.15, 0.2) is 0 Å². The molecule has 118 valence electrons. The lowest BCUT2D eigenvalue weighted by molar-refractivity contribution is 0.237. The molecule has 0 radical (unpaired) electrons. The molecule has 1 saturated heterocycles. The van der Waals surface area contributed by atoms with Crippen molar-refractivity contribution < 1.29 is 8.42 Å². The average Bonchev–Trinajstić information content (AvgIpc) is 2.50. The van der Waals surface area contributed by atoms with Gasteiger partial charge in [-0.05, 0) is 51.2 Å². The predicted octanol–water partition coefficient (Wildman–Crippen LogP) is 1.07. The van der Waals surface area contributed by atoms with Gasteiger partial charge in [0.05, 0.1) is 16.3 Å². The maximum absolute atomic E-state index is 11.7. The second-order valence-electron chi connectivity index (χ2n) is 5.29. The molecule has 0 aliphatic carbocycles. The predicted molar refractivity (Wildman–Crippen MR) is 85.9 cm³/mol. The van der Waals surface area contributed by atoms with Crippen molar-refractivity contribution in [3.8, 4) is 0 Å². The van der Waals surface area contributed by atoms with Gasteiger partial charge in [0.25, 0.3) is 0 Å². The zero-order valence-corrected chi connectivity index (χ0v) is 13.2. The highest BCUT2D eigenvalue weighted by molar-refractivity contribution is 7.89. The van der Waals surface area contributed by atoms with E-state index in [1.54, 1.807) is 12.1 Å². The Kier molecular flexibility index (Phi) is 5.44. The van der Waals surface area contributed by atoms with E-state index in [4.69, 9.17) is 5.73 Å². The van der Waals surface area contributed by atoms with Gasteiger partial charge in [-0.25, -0.2) is 13.1 Å². The molecule has 0 aromatic heterocycles. The van der Waals surface area contributed by atoms with Crippen LogP contribution in [0.3, 0.4) is 0 Å². The summed E-state index contributed by atoms with van der Waals surface area (Å²) in [6.07, 6.45) is 3.88. The van der Waals surface area contributed by atoms with Crippen molar-refractivity contribution in [2.24, 2.45) is 0 Å². The van der Waals surface area contributed by atoms with Crippen LogP contribution in [-0.4, -0.2) is 46.5 Å². The van der Waals surface area contributed by atoms with Gasteiger partial charge in [0.2, 0.25) is 10.0 Å². The van der Waals surface area contributed by atoms with Crippen LogP contribution >= 0.6 is 0 Å². The van der Waals surface area contributed by atoms with E-state index in [0.29, 0.717) is 5.69 Å². The fraction of sp³-hybridized carbons (Fsp3) is 0.571. The number of nitrogens with one attached hydrogen (secondary N) is 2. The second kappa shape index (κ2) is 7.11. The Balaban J connectivity index is 1.92. The Hall–Kier alpha value is -1.31. The molecule has 0 atom stereocenters. The van der Waals surface area contributed by atoms with Crippen LogP contribution in [0.1, 0.15) is 19.3 Å². The smallest absolute Gasteiger partial charge is 0.240 e. The molecule has 21 heavy (non-hydrogen) atoms. The Morgan fingerprint density at radius 3 is 2.57 bits per heavy atom. The highest BCUT2D eigenvalue weighted by atomic mass is 32.2. The lowest BCUT2D eigenvalue weighted by Gasteiger charge is -2.26. The quantitative estimate of drug-likeness (QED) is 0.684. The first-order valence-corrected chi connectivity index (χ1v) is 8.80. The Bertz CT molecular complexity index is 568. The number of likely N-dealkylation sites (tertiary alicyclic amines) is 1. The van der Waals surface area contributed by atoms with Crippen LogP contribution in [0.2, 0.25) is 0 Å². The minimum atomic E-state index is -3.44. The van der Waals surface area contributed by atoms with Gasteiger partial charge in [0, 0.05) is 13.1 Å². The van der Waals surface area contributed by atoms with Crippen molar-refractivity contribution in [3.05, 3.63) is 18.2 Å². The van der Waals surface area contributed by atoms with Gasteiger partial charge in [-0.2, -0.15) is 0 Å². The molecule has 1 aromatic carbocycles. The van der Waals surface area contributed by atoms with Crippen LogP contribution in [-0.2, 0) is 10.0 Å². The van der Waals surface area contributed by atoms with E-state index in [0.717, 1.165) is 31.9 Å². The minimum absolute atomic E-state index is 0.184. The van der Waals surface area contributed by atoms with Crippen molar-refractivity contribution >= 4 is 21.4 Å². The van der Waals surface area contributed by atoms with Gasteiger partial charge in [-0.3, -0.25) is 0 Å². The van der Waals surface area contributed by atoms with E-state index in [9.17, 15) is 8.42 Å². The summed E-state index contributed by atoms with van der Waals surface area (Å²) in [6, 6.07) is 4.76. The van der Waals surface area contributed by atoms with E-state index in [1.807, 2.05) is 0 Å². The first-order chi connectivity index (χ1) is 10.0. The number of piperidine rings is 1. The Morgan fingerprint density at radius 2 is 1.95 bits per heavy atom. The number of hydrogen-bond acceptors (Lipinski definition) is 5. The Morgan fingerprint density at radius 1 is 1.24 bits per heavy atom. The topological polar surface area (TPSA) is 87.5 Å². The third-order valence-electron chi connectivity index (χ3n) is 3.79. The molecule has 1 aliphatic heterocycles. The van der Waals surface area contributed by atoms with Crippen LogP contribution in [0.25, 0.3) is 0 Å². The summed E-state index contributed by atoms with van der Waals surface area (Å²) in [5.41, 5.74) is 7.15. The molecular weight excluding hydrogens is 288 g/mol. The molecule has 0 bridgehead atoms. The van der Waals surface area contributed by atoms with E-state index >= 15 is 0 Å². The van der Waals surface area contributed by atoms with Gasteiger partial charge < -0.3 is 16.0 Å². The van der Waals surface area contributed by atoms with Gasteiger partial charge >= 0.3 is 0 Å². The number of anilines is 2. The number of nitrogens with two attached hydrogens (primary N) is 1. The van der Waals surface area contributed by atoms with Crippen LogP contribution in [0, 0.1) is 0 Å².